The molecule has 0 saturated carbocycles. The highest BCUT2D eigenvalue weighted by molar-refractivity contribution is 7.90. The molecule has 3 rings (SSSR count). The number of carbonyl (C=O) groups is 3. The van der Waals surface area contributed by atoms with Crippen molar-refractivity contribution in [2.24, 2.45) is 0 Å². The van der Waals surface area contributed by atoms with Crippen molar-refractivity contribution < 1.29 is 22.8 Å². The normalized spacial score (nSPS) is 15.3. The van der Waals surface area contributed by atoms with Crippen molar-refractivity contribution in [3.05, 3.63) is 65.2 Å². The molecule has 1 aliphatic heterocycles. The van der Waals surface area contributed by atoms with Crippen molar-refractivity contribution in [2.75, 3.05) is 13.1 Å². The molecule has 0 unspecified atom stereocenters. The van der Waals surface area contributed by atoms with E-state index in [1.807, 2.05) is 31.2 Å². The monoisotopic (exact) mass is 443 g/mol. The third-order valence-electron chi connectivity index (χ3n) is 5.31. The Bertz CT molecular complexity index is 1130. The van der Waals surface area contributed by atoms with Gasteiger partial charge in [0.05, 0.1) is 5.56 Å². The number of carbonyl (C=O) groups excluding carboxylic acids is 3. The summed E-state index contributed by atoms with van der Waals surface area (Å²) in [5, 5.41) is 2.68. The van der Waals surface area contributed by atoms with Gasteiger partial charge >= 0.3 is 0 Å². The van der Waals surface area contributed by atoms with E-state index < -0.39 is 34.4 Å². The first kappa shape index (κ1) is 22.5. The van der Waals surface area contributed by atoms with Gasteiger partial charge in [-0.15, -0.1) is 0 Å². The van der Waals surface area contributed by atoms with Gasteiger partial charge in [-0.1, -0.05) is 36.4 Å². The summed E-state index contributed by atoms with van der Waals surface area (Å²) in [6, 6.07) is 12.4. The van der Waals surface area contributed by atoms with Crippen LogP contribution in [0.4, 0.5) is 0 Å². The van der Waals surface area contributed by atoms with Gasteiger partial charge in [-0.3, -0.25) is 14.4 Å². The number of nitrogens with one attached hydrogen (secondary N) is 1. The van der Waals surface area contributed by atoms with E-state index in [-0.39, 0.29) is 22.9 Å². The molecule has 0 saturated heterocycles. The van der Waals surface area contributed by atoms with Crippen molar-refractivity contribution in [2.45, 2.75) is 38.3 Å². The molecule has 0 fully saturated rings. The van der Waals surface area contributed by atoms with Crippen molar-refractivity contribution in [3.8, 4) is 0 Å². The molecule has 0 radical (unpaired) electrons. The molecule has 0 aromatic heterocycles. The Morgan fingerprint density at radius 3 is 2.39 bits per heavy atom. The van der Waals surface area contributed by atoms with Crippen LogP contribution in [0, 0.1) is 6.92 Å². The van der Waals surface area contributed by atoms with Gasteiger partial charge < -0.3 is 10.2 Å². The predicted octanol–water partition coefficient (Wildman–Crippen LogP) is 1.69. The molecule has 1 N–H and O–H groups in total. The van der Waals surface area contributed by atoms with E-state index >= 15 is 0 Å². The number of benzene rings is 2. The molecule has 2 aromatic carbocycles. The number of amides is 3. The topological polar surface area (TPSA) is 104 Å². The van der Waals surface area contributed by atoms with Crippen LogP contribution in [0.2, 0.25) is 0 Å². The van der Waals surface area contributed by atoms with Crippen molar-refractivity contribution >= 4 is 27.7 Å². The molecule has 164 valence electrons. The van der Waals surface area contributed by atoms with Crippen molar-refractivity contribution in [3.63, 3.8) is 0 Å². The molecular formula is C22H25N3O5S. The molecule has 1 heterocycles. The van der Waals surface area contributed by atoms with E-state index in [0.29, 0.717) is 10.8 Å². The maximum atomic E-state index is 13.2. The minimum absolute atomic E-state index is 0.0394. The van der Waals surface area contributed by atoms with Crippen LogP contribution in [0.5, 0.6) is 0 Å². The summed E-state index contributed by atoms with van der Waals surface area (Å²) in [5.74, 6) is -1.74. The molecule has 0 bridgehead atoms. The standard InChI is InChI=1S/C22H25N3O5S/c1-4-23-21(27)16(3)24(13-17-10-6-5-9-15(17)2)20(26)14-25-22(28)18-11-7-8-12-19(18)31(25,29)30/h5-12,16H,4,13-14H2,1-3H3,(H,23,27)/t16-/m0/s1. The third kappa shape index (κ3) is 4.32. The molecule has 3 amide bonds. The molecule has 9 heteroatoms. The lowest BCUT2D eigenvalue weighted by molar-refractivity contribution is -0.140. The van der Waals surface area contributed by atoms with Crippen LogP contribution < -0.4 is 5.32 Å². The molecular weight excluding hydrogens is 418 g/mol. The molecule has 0 spiro atoms. The van der Waals surface area contributed by atoms with Gasteiger partial charge in [0.25, 0.3) is 15.9 Å². The van der Waals surface area contributed by atoms with Crippen LogP contribution in [0.25, 0.3) is 0 Å². The highest BCUT2D eigenvalue weighted by Gasteiger charge is 2.43. The summed E-state index contributed by atoms with van der Waals surface area (Å²) in [6.45, 7) is 5.06. The Kier molecular flexibility index (Phi) is 6.45. The molecule has 31 heavy (non-hydrogen) atoms. The number of hydrogen-bond donors (Lipinski definition) is 1. The Balaban J connectivity index is 1.91. The molecule has 0 aliphatic carbocycles. The van der Waals surface area contributed by atoms with Crippen LogP contribution in [0.1, 0.15) is 35.3 Å². The Morgan fingerprint density at radius 1 is 1.10 bits per heavy atom. The summed E-state index contributed by atoms with van der Waals surface area (Å²) in [4.78, 5) is 39.6. The first-order valence-corrected chi connectivity index (χ1v) is 11.4. The maximum Gasteiger partial charge on any atom is 0.269 e. The predicted molar refractivity (Wildman–Crippen MR) is 115 cm³/mol. The zero-order valence-electron chi connectivity index (χ0n) is 17.7. The smallest absolute Gasteiger partial charge is 0.269 e. The SMILES string of the molecule is CCNC(=O)[C@H](C)N(Cc1ccccc1C)C(=O)CN1C(=O)c2ccccc2S1(=O)=O. The largest absolute Gasteiger partial charge is 0.355 e. The summed E-state index contributed by atoms with van der Waals surface area (Å²) in [6.07, 6.45) is 0. The average Bonchev–Trinajstić information content (AvgIpc) is 2.93. The van der Waals surface area contributed by atoms with E-state index in [0.717, 1.165) is 11.1 Å². The fourth-order valence-electron chi connectivity index (χ4n) is 3.48. The van der Waals surface area contributed by atoms with Gasteiger partial charge in [-0.2, -0.15) is 0 Å². The van der Waals surface area contributed by atoms with Gasteiger partial charge in [0.2, 0.25) is 11.8 Å². The van der Waals surface area contributed by atoms with E-state index in [9.17, 15) is 22.8 Å². The van der Waals surface area contributed by atoms with Crippen LogP contribution in [-0.2, 0) is 26.2 Å². The fourth-order valence-corrected chi connectivity index (χ4v) is 4.99. The van der Waals surface area contributed by atoms with Gasteiger partial charge in [0.15, 0.2) is 0 Å². The summed E-state index contributed by atoms with van der Waals surface area (Å²) < 4.78 is 26.2. The number of likely N-dealkylation sites (N-methyl/N-ethyl adjacent to an activating group) is 1. The van der Waals surface area contributed by atoms with Crippen LogP contribution in [0.3, 0.4) is 0 Å². The highest BCUT2D eigenvalue weighted by atomic mass is 32.2. The molecule has 1 atom stereocenters. The fraction of sp³-hybridized carbons (Fsp3) is 0.318. The highest BCUT2D eigenvalue weighted by Crippen LogP contribution is 2.30. The Labute approximate surface area is 181 Å². The van der Waals surface area contributed by atoms with Gasteiger partial charge in [-0.25, -0.2) is 12.7 Å². The van der Waals surface area contributed by atoms with Gasteiger partial charge in [0, 0.05) is 13.1 Å². The number of fused-ring (bicyclic) bond motifs is 1. The average molecular weight is 444 g/mol. The first-order valence-electron chi connectivity index (χ1n) is 9.96. The van der Waals surface area contributed by atoms with E-state index in [1.165, 1.54) is 23.1 Å². The van der Waals surface area contributed by atoms with Crippen molar-refractivity contribution in [1.82, 2.24) is 14.5 Å². The van der Waals surface area contributed by atoms with Crippen LogP contribution >= 0.6 is 0 Å². The number of rotatable bonds is 7. The van der Waals surface area contributed by atoms with Crippen molar-refractivity contribution in [1.29, 1.82) is 0 Å². The van der Waals surface area contributed by atoms with Gasteiger partial charge in [-0.05, 0) is 44.0 Å². The minimum atomic E-state index is -4.13. The maximum absolute atomic E-state index is 13.2. The Hall–Kier alpha value is -3.20. The number of sulfonamides is 1. The number of nitrogens with zero attached hydrogens (tertiary/aromatic N) is 2. The third-order valence-corrected chi connectivity index (χ3v) is 7.10. The van der Waals surface area contributed by atoms with Gasteiger partial charge in [0.1, 0.15) is 17.5 Å². The molecule has 8 nitrogen and oxygen atoms in total. The molecule has 2 aromatic rings. The lowest BCUT2D eigenvalue weighted by Crippen LogP contribution is -2.51. The zero-order valence-corrected chi connectivity index (χ0v) is 18.5. The van der Waals surface area contributed by atoms with Crippen LogP contribution in [-0.4, -0.2) is 54.5 Å². The second-order valence-electron chi connectivity index (χ2n) is 7.33. The van der Waals surface area contributed by atoms with Crippen LogP contribution in [0.15, 0.2) is 53.4 Å². The first-order chi connectivity index (χ1) is 14.7. The lowest BCUT2D eigenvalue weighted by Gasteiger charge is -2.30. The number of aryl methyl sites for hydroxylation is 1. The van der Waals surface area contributed by atoms with E-state index in [1.54, 1.807) is 19.9 Å². The second kappa shape index (κ2) is 8.89. The summed E-state index contributed by atoms with van der Waals surface area (Å²) in [7, 11) is -4.13. The lowest BCUT2D eigenvalue weighted by atomic mass is 10.1. The van der Waals surface area contributed by atoms with E-state index in [4.69, 9.17) is 0 Å². The van der Waals surface area contributed by atoms with E-state index in [2.05, 4.69) is 5.32 Å². The minimum Gasteiger partial charge on any atom is -0.355 e. The second-order valence-corrected chi connectivity index (χ2v) is 9.16. The molecule has 1 aliphatic rings. The summed E-state index contributed by atoms with van der Waals surface area (Å²) >= 11 is 0. The quantitative estimate of drug-likeness (QED) is 0.701. The number of hydrogen-bond acceptors (Lipinski definition) is 5. The zero-order chi connectivity index (χ0) is 22.8. The Morgan fingerprint density at radius 2 is 1.74 bits per heavy atom. The summed E-state index contributed by atoms with van der Waals surface area (Å²) in [5.41, 5.74) is 1.80.